The topological polar surface area (TPSA) is 31.6 Å². The van der Waals surface area contributed by atoms with Crippen molar-refractivity contribution in [3.63, 3.8) is 0 Å². The Bertz CT molecular complexity index is 1350. The molecule has 3 aromatic carbocycles. The highest BCUT2D eigenvalue weighted by Gasteiger charge is 2.51. The van der Waals surface area contributed by atoms with Crippen LogP contribution in [-0.4, -0.2) is 18.3 Å². The quantitative estimate of drug-likeness (QED) is 0.431. The largest absolute Gasteiger partial charge is 0.494 e. The Morgan fingerprint density at radius 1 is 0.750 bits per heavy atom. The fraction of sp³-hybridized carbons (Fsp3) is 0.250. The van der Waals surface area contributed by atoms with Crippen LogP contribution in [0.3, 0.4) is 0 Å². The van der Waals surface area contributed by atoms with Crippen molar-refractivity contribution >= 4 is 34.5 Å². The zero-order valence-electron chi connectivity index (χ0n) is 20.3. The molecular weight excluding hydrogens is 347 g/mol. The maximum Gasteiger partial charge on any atom is 0.494 e. The SMILES string of the molecule is [2H]c1c([2H])c(-c2ccc3oc4ccccc4c3c2)c([2H])c([2H])c1B1OC(C)(C)C(C)(C)O1. The summed E-state index contributed by atoms with van der Waals surface area (Å²) in [5, 5.41) is 1.80. The van der Waals surface area contributed by atoms with Crippen molar-refractivity contribution in [2.75, 3.05) is 0 Å². The van der Waals surface area contributed by atoms with E-state index in [-0.39, 0.29) is 35.2 Å². The molecule has 1 saturated heterocycles. The van der Waals surface area contributed by atoms with Crippen LogP contribution in [0.5, 0.6) is 0 Å². The molecule has 28 heavy (non-hydrogen) atoms. The Balaban J connectivity index is 1.68. The van der Waals surface area contributed by atoms with Crippen LogP contribution in [0.15, 0.2) is 71.1 Å². The second-order valence-electron chi connectivity index (χ2n) is 8.19. The molecule has 0 saturated carbocycles. The van der Waals surface area contributed by atoms with Crippen molar-refractivity contribution in [2.24, 2.45) is 0 Å². The molecule has 4 aromatic rings. The molecule has 0 atom stereocenters. The Kier molecular flexibility index (Phi) is 2.90. The summed E-state index contributed by atoms with van der Waals surface area (Å²) < 4.78 is 52.6. The Hall–Kier alpha value is -2.56. The van der Waals surface area contributed by atoms with Gasteiger partial charge in [0.2, 0.25) is 0 Å². The molecule has 5 rings (SSSR count). The van der Waals surface area contributed by atoms with Crippen molar-refractivity contribution in [3.8, 4) is 11.1 Å². The van der Waals surface area contributed by atoms with Crippen LogP contribution < -0.4 is 5.46 Å². The summed E-state index contributed by atoms with van der Waals surface area (Å²) in [4.78, 5) is 0. The van der Waals surface area contributed by atoms with E-state index in [0.29, 0.717) is 11.1 Å². The van der Waals surface area contributed by atoms with Gasteiger partial charge in [0.05, 0.1) is 16.7 Å². The fourth-order valence-electron chi connectivity index (χ4n) is 3.43. The van der Waals surface area contributed by atoms with E-state index in [4.69, 9.17) is 19.2 Å². The number of rotatable bonds is 2. The molecule has 0 spiro atoms. The molecule has 2 heterocycles. The van der Waals surface area contributed by atoms with E-state index < -0.39 is 18.3 Å². The van der Waals surface area contributed by atoms with Crippen LogP contribution in [-0.2, 0) is 9.31 Å². The predicted molar refractivity (Wildman–Crippen MR) is 115 cm³/mol. The summed E-state index contributed by atoms with van der Waals surface area (Å²) in [6, 6.07) is 12.6. The molecule has 140 valence electrons. The molecule has 1 aromatic heterocycles. The molecule has 0 amide bonds. The summed E-state index contributed by atoms with van der Waals surface area (Å²) in [5.41, 5.74) is 1.14. The number of fused-ring (bicyclic) bond motifs is 3. The average molecular weight is 374 g/mol. The van der Waals surface area contributed by atoms with Crippen LogP contribution in [0.25, 0.3) is 33.1 Å². The van der Waals surface area contributed by atoms with Gasteiger partial charge in [-0.1, -0.05) is 48.4 Å². The van der Waals surface area contributed by atoms with E-state index in [0.717, 1.165) is 16.4 Å². The smallest absolute Gasteiger partial charge is 0.456 e. The zero-order valence-corrected chi connectivity index (χ0v) is 16.3. The van der Waals surface area contributed by atoms with Crippen LogP contribution in [0.1, 0.15) is 33.2 Å². The minimum atomic E-state index is -0.970. The van der Waals surface area contributed by atoms with E-state index in [1.54, 1.807) is 12.1 Å². The molecular formula is C24H23BO3. The van der Waals surface area contributed by atoms with Gasteiger partial charge in [-0.25, -0.2) is 0 Å². The lowest BCUT2D eigenvalue weighted by Crippen LogP contribution is -2.41. The van der Waals surface area contributed by atoms with Gasteiger partial charge in [0, 0.05) is 10.8 Å². The maximum absolute atomic E-state index is 8.68. The van der Waals surface area contributed by atoms with Gasteiger partial charge in [0.25, 0.3) is 0 Å². The Morgan fingerprint density at radius 2 is 1.39 bits per heavy atom. The van der Waals surface area contributed by atoms with Crippen molar-refractivity contribution in [1.82, 2.24) is 0 Å². The summed E-state index contributed by atoms with van der Waals surface area (Å²) in [5.74, 6) is 0. The highest BCUT2D eigenvalue weighted by atomic mass is 16.7. The van der Waals surface area contributed by atoms with Crippen molar-refractivity contribution in [2.45, 2.75) is 38.9 Å². The third-order valence-electron chi connectivity index (χ3n) is 5.80. The normalized spacial score (nSPS) is 20.2. The third kappa shape index (κ3) is 2.68. The van der Waals surface area contributed by atoms with Gasteiger partial charge in [-0.15, -0.1) is 0 Å². The molecule has 0 bridgehead atoms. The van der Waals surface area contributed by atoms with Crippen molar-refractivity contribution in [1.29, 1.82) is 0 Å². The van der Waals surface area contributed by atoms with E-state index in [9.17, 15) is 0 Å². The number of hydrogen-bond donors (Lipinski definition) is 0. The minimum absolute atomic E-state index is 0.122. The Morgan fingerprint density at radius 3 is 2.11 bits per heavy atom. The first-order valence-electron chi connectivity index (χ1n) is 11.4. The molecule has 3 nitrogen and oxygen atoms in total. The number of hydrogen-bond acceptors (Lipinski definition) is 3. The monoisotopic (exact) mass is 374 g/mol. The average Bonchev–Trinajstić information content (AvgIpc) is 3.20. The lowest BCUT2D eigenvalue weighted by atomic mass is 9.78. The molecule has 0 aliphatic carbocycles. The van der Waals surface area contributed by atoms with Gasteiger partial charge in [-0.2, -0.15) is 0 Å². The number of para-hydroxylation sites is 1. The van der Waals surface area contributed by atoms with Crippen LogP contribution in [0, 0.1) is 0 Å². The second kappa shape index (κ2) is 5.97. The van der Waals surface area contributed by atoms with E-state index in [1.165, 1.54) is 0 Å². The zero-order chi connectivity index (χ0) is 23.0. The summed E-state index contributed by atoms with van der Waals surface area (Å²) in [6.07, 6.45) is 0. The van der Waals surface area contributed by atoms with Crippen molar-refractivity contribution in [3.05, 3.63) is 66.6 Å². The van der Waals surface area contributed by atoms with Gasteiger partial charge in [0.15, 0.2) is 0 Å². The highest BCUT2D eigenvalue weighted by Crippen LogP contribution is 2.37. The molecule has 0 radical (unpaired) electrons. The van der Waals surface area contributed by atoms with E-state index in [1.807, 2.05) is 58.0 Å². The van der Waals surface area contributed by atoms with Gasteiger partial charge in [-0.3, -0.25) is 0 Å². The molecule has 1 aliphatic rings. The summed E-state index contributed by atoms with van der Waals surface area (Å²) in [7, 11) is -0.970. The molecule has 0 N–H and O–H groups in total. The fourth-order valence-corrected chi connectivity index (χ4v) is 3.43. The maximum atomic E-state index is 8.68. The van der Waals surface area contributed by atoms with Gasteiger partial charge >= 0.3 is 7.12 Å². The van der Waals surface area contributed by atoms with Gasteiger partial charge in [0.1, 0.15) is 11.2 Å². The highest BCUT2D eigenvalue weighted by molar-refractivity contribution is 6.62. The van der Waals surface area contributed by atoms with Gasteiger partial charge < -0.3 is 13.7 Å². The van der Waals surface area contributed by atoms with E-state index in [2.05, 4.69) is 0 Å². The van der Waals surface area contributed by atoms with Gasteiger partial charge in [-0.05, 0) is 62.5 Å². The molecule has 1 aliphatic heterocycles. The Labute approximate surface area is 171 Å². The minimum Gasteiger partial charge on any atom is -0.456 e. The van der Waals surface area contributed by atoms with Crippen LogP contribution in [0.2, 0.25) is 0 Å². The first-order valence-corrected chi connectivity index (χ1v) is 9.39. The molecule has 4 heteroatoms. The third-order valence-corrected chi connectivity index (χ3v) is 5.80. The number of furan rings is 1. The first-order chi connectivity index (χ1) is 15.0. The predicted octanol–water partition coefficient (Wildman–Crippen LogP) is 5.55. The van der Waals surface area contributed by atoms with Crippen LogP contribution >= 0.6 is 0 Å². The van der Waals surface area contributed by atoms with E-state index >= 15 is 0 Å². The standard InChI is InChI=1S/C24H23BO3/c1-23(2)24(3,4)28-25(27-23)18-12-9-16(10-13-18)17-11-14-22-20(15-17)19-7-5-6-8-21(19)26-22/h5-15H,1-4H3/i9D,10D,12D,13D. The van der Waals surface area contributed by atoms with Crippen molar-refractivity contribution < 1.29 is 19.2 Å². The summed E-state index contributed by atoms with van der Waals surface area (Å²) >= 11 is 0. The van der Waals surface area contributed by atoms with Crippen LogP contribution in [0.4, 0.5) is 0 Å². The lowest BCUT2D eigenvalue weighted by molar-refractivity contribution is 0.00578. The first kappa shape index (κ1) is 13.6. The molecule has 0 unspecified atom stereocenters. The lowest BCUT2D eigenvalue weighted by Gasteiger charge is -2.32. The molecule has 1 fully saturated rings. The number of benzene rings is 3. The summed E-state index contributed by atoms with van der Waals surface area (Å²) in [6.45, 7) is 7.56. The second-order valence-corrected chi connectivity index (χ2v) is 8.19.